The second-order valence-corrected chi connectivity index (χ2v) is 7.39. The highest BCUT2D eigenvalue weighted by molar-refractivity contribution is 6.29. The highest BCUT2D eigenvalue weighted by Crippen LogP contribution is 2.21. The van der Waals surface area contributed by atoms with Gasteiger partial charge in [0.25, 0.3) is 5.52 Å². The molecule has 0 saturated heterocycles. The van der Waals surface area contributed by atoms with Crippen LogP contribution < -0.4 is 14.9 Å². The van der Waals surface area contributed by atoms with Crippen molar-refractivity contribution in [3.8, 4) is 11.4 Å². The highest BCUT2D eigenvalue weighted by atomic mass is 35.5. The molecule has 0 saturated carbocycles. The summed E-state index contributed by atoms with van der Waals surface area (Å²) >= 11 is 5.91. The summed E-state index contributed by atoms with van der Waals surface area (Å²) in [6, 6.07) is 19.3. The number of benzene rings is 2. The van der Waals surface area contributed by atoms with E-state index in [4.69, 9.17) is 16.3 Å². The lowest BCUT2D eigenvalue weighted by atomic mass is 10.1. The first-order valence-corrected chi connectivity index (χ1v) is 9.82. The smallest absolute Gasteiger partial charge is 0.344 e. The first kappa shape index (κ1) is 18.4. The van der Waals surface area contributed by atoms with Gasteiger partial charge in [-0.05, 0) is 42.5 Å². The number of nitrogens with one attached hydrogen (secondary N) is 1. The first-order chi connectivity index (χ1) is 14.6. The quantitative estimate of drug-likeness (QED) is 0.356. The summed E-state index contributed by atoms with van der Waals surface area (Å²) in [4.78, 5) is 17.5. The van der Waals surface area contributed by atoms with Gasteiger partial charge in [0.05, 0.1) is 19.0 Å². The van der Waals surface area contributed by atoms with Crippen LogP contribution in [0.5, 0.6) is 5.75 Å². The summed E-state index contributed by atoms with van der Waals surface area (Å²) in [6.45, 7) is 0.553. The third-order valence-corrected chi connectivity index (χ3v) is 5.38. The summed E-state index contributed by atoms with van der Waals surface area (Å²) in [7, 11) is 1.64. The summed E-state index contributed by atoms with van der Waals surface area (Å²) < 4.78 is 8.74. The van der Waals surface area contributed by atoms with Crippen LogP contribution in [0.2, 0.25) is 5.15 Å². The van der Waals surface area contributed by atoms with E-state index in [1.807, 2.05) is 59.3 Å². The van der Waals surface area contributed by atoms with Crippen molar-refractivity contribution in [1.29, 1.82) is 0 Å². The maximum absolute atomic E-state index is 13.4. The van der Waals surface area contributed by atoms with Crippen molar-refractivity contribution in [2.75, 3.05) is 7.11 Å². The molecule has 5 rings (SSSR count). The molecule has 0 bridgehead atoms. The third kappa shape index (κ3) is 3.11. The Morgan fingerprint density at radius 3 is 2.63 bits per heavy atom. The van der Waals surface area contributed by atoms with E-state index in [2.05, 4.69) is 10.1 Å². The van der Waals surface area contributed by atoms with Crippen LogP contribution >= 0.6 is 11.6 Å². The summed E-state index contributed by atoms with van der Waals surface area (Å²) in [5, 5.41) is 5.67. The Balaban J connectivity index is 1.74. The zero-order valence-electron chi connectivity index (χ0n) is 16.2. The summed E-state index contributed by atoms with van der Waals surface area (Å²) in [5.74, 6) is 0.798. The van der Waals surface area contributed by atoms with E-state index < -0.39 is 0 Å². The minimum atomic E-state index is -0.145. The van der Waals surface area contributed by atoms with Gasteiger partial charge in [-0.3, -0.25) is 9.89 Å². The number of rotatable bonds is 4. The Morgan fingerprint density at radius 1 is 1.10 bits per heavy atom. The van der Waals surface area contributed by atoms with Crippen LogP contribution in [0.15, 0.2) is 77.9 Å². The van der Waals surface area contributed by atoms with E-state index in [0.29, 0.717) is 22.9 Å². The highest BCUT2D eigenvalue weighted by Gasteiger charge is 2.22. The van der Waals surface area contributed by atoms with E-state index in [-0.39, 0.29) is 5.56 Å². The molecule has 148 valence electrons. The van der Waals surface area contributed by atoms with Crippen molar-refractivity contribution in [3.05, 3.63) is 94.1 Å². The average Bonchev–Trinajstić information content (AvgIpc) is 3.13. The van der Waals surface area contributed by atoms with Crippen LogP contribution in [-0.2, 0) is 6.54 Å². The fourth-order valence-electron chi connectivity index (χ4n) is 3.69. The number of aromatic nitrogens is 4. The topological polar surface area (TPSA) is 63.8 Å². The molecule has 0 atom stereocenters. The van der Waals surface area contributed by atoms with Gasteiger partial charge in [-0.25, -0.2) is 9.67 Å². The fraction of sp³-hybridized carbons (Fsp3) is 0.0870. The van der Waals surface area contributed by atoms with E-state index in [1.54, 1.807) is 25.4 Å². The molecular weight excluding hydrogens is 400 g/mol. The molecule has 1 N–H and O–H groups in total. The van der Waals surface area contributed by atoms with E-state index in [9.17, 15) is 4.79 Å². The van der Waals surface area contributed by atoms with Gasteiger partial charge in [0, 0.05) is 16.3 Å². The van der Waals surface area contributed by atoms with Crippen LogP contribution in [-0.4, -0.2) is 21.9 Å². The molecule has 0 aliphatic rings. The summed E-state index contributed by atoms with van der Waals surface area (Å²) in [5.41, 5.74) is 2.92. The van der Waals surface area contributed by atoms with Gasteiger partial charge in [-0.1, -0.05) is 29.8 Å². The zero-order valence-corrected chi connectivity index (χ0v) is 16.9. The number of hydrogen-bond acceptors (Lipinski definition) is 3. The van der Waals surface area contributed by atoms with Gasteiger partial charge in [0.15, 0.2) is 12.7 Å². The van der Waals surface area contributed by atoms with Crippen LogP contribution in [0.25, 0.3) is 27.5 Å². The third-order valence-electron chi connectivity index (χ3n) is 5.16. The zero-order chi connectivity index (χ0) is 20.7. The maximum atomic E-state index is 13.4. The Labute approximate surface area is 176 Å². The number of fused-ring (bicyclic) bond motifs is 3. The van der Waals surface area contributed by atoms with Crippen molar-refractivity contribution in [2.24, 2.45) is 0 Å². The number of ether oxygens (including phenoxy) is 1. The lowest BCUT2D eigenvalue weighted by Crippen LogP contribution is -2.38. The van der Waals surface area contributed by atoms with Gasteiger partial charge in [0.2, 0.25) is 0 Å². The molecule has 2 aromatic carbocycles. The second kappa shape index (κ2) is 7.31. The number of methoxy groups -OCH3 is 1. The maximum Gasteiger partial charge on any atom is 0.344 e. The minimum absolute atomic E-state index is 0.145. The van der Waals surface area contributed by atoms with Crippen molar-refractivity contribution in [3.63, 3.8) is 0 Å². The van der Waals surface area contributed by atoms with Gasteiger partial charge in [0.1, 0.15) is 16.4 Å². The Kier molecular flexibility index (Phi) is 4.48. The van der Waals surface area contributed by atoms with Crippen LogP contribution in [0.4, 0.5) is 0 Å². The molecule has 30 heavy (non-hydrogen) atoms. The standard InChI is InChI=1S/C23H17ClN4O2/c1-30-18-9-6-15(7-10-18)13-27-14-16-4-2-3-5-19(16)21-22(27)23(29)28(26-21)17-8-11-20(24)25-12-17/h2-12,14H,13H2,1H3/p+1. The van der Waals surface area contributed by atoms with E-state index >= 15 is 0 Å². The Hall–Kier alpha value is -3.64. The lowest BCUT2D eigenvalue weighted by molar-refractivity contribution is -0.661. The van der Waals surface area contributed by atoms with Gasteiger partial charge < -0.3 is 4.74 Å². The van der Waals surface area contributed by atoms with Gasteiger partial charge in [-0.15, -0.1) is 0 Å². The van der Waals surface area contributed by atoms with E-state index in [0.717, 1.165) is 27.6 Å². The minimum Gasteiger partial charge on any atom is -0.497 e. The monoisotopic (exact) mass is 417 g/mol. The molecule has 3 aromatic heterocycles. The predicted molar refractivity (Wildman–Crippen MR) is 116 cm³/mol. The normalized spacial score (nSPS) is 11.3. The summed E-state index contributed by atoms with van der Waals surface area (Å²) in [6.07, 6.45) is 3.59. The van der Waals surface area contributed by atoms with Crippen molar-refractivity contribution >= 4 is 33.4 Å². The van der Waals surface area contributed by atoms with Crippen molar-refractivity contribution in [1.82, 2.24) is 14.8 Å². The SMILES string of the molecule is COc1ccc(C[n+]2cc3ccccc3c3[nH]n(-c4ccc(Cl)nc4)c(=O)c32)cc1. The molecule has 3 heterocycles. The van der Waals surface area contributed by atoms with E-state index in [1.165, 1.54) is 4.68 Å². The number of halogens is 1. The number of nitrogens with zero attached hydrogens (tertiary/aromatic N) is 3. The fourth-order valence-corrected chi connectivity index (χ4v) is 3.80. The number of aromatic amines is 1. The molecular formula is C23H18ClN4O2+. The number of pyridine rings is 2. The van der Waals surface area contributed by atoms with Crippen molar-refractivity contribution < 1.29 is 9.30 Å². The molecule has 0 aliphatic carbocycles. The van der Waals surface area contributed by atoms with Crippen molar-refractivity contribution in [2.45, 2.75) is 6.54 Å². The second-order valence-electron chi connectivity index (χ2n) is 7.01. The number of hydrogen-bond donors (Lipinski definition) is 1. The molecule has 6 nitrogen and oxygen atoms in total. The molecule has 7 heteroatoms. The Bertz CT molecular complexity index is 1420. The van der Waals surface area contributed by atoms with Gasteiger partial charge in [-0.2, -0.15) is 4.57 Å². The van der Waals surface area contributed by atoms with Crippen LogP contribution in [0.3, 0.4) is 0 Å². The van der Waals surface area contributed by atoms with Gasteiger partial charge >= 0.3 is 5.56 Å². The molecule has 0 aliphatic heterocycles. The molecule has 0 fully saturated rings. The number of H-pyrrole nitrogens is 1. The molecule has 0 radical (unpaired) electrons. The molecule has 5 aromatic rings. The molecule has 0 unspecified atom stereocenters. The first-order valence-electron chi connectivity index (χ1n) is 9.45. The molecule has 0 spiro atoms. The lowest BCUT2D eigenvalue weighted by Gasteiger charge is -2.03. The van der Waals surface area contributed by atoms with Crippen LogP contribution in [0.1, 0.15) is 5.56 Å². The Morgan fingerprint density at radius 2 is 1.90 bits per heavy atom. The molecule has 0 amide bonds. The largest absolute Gasteiger partial charge is 0.497 e. The average molecular weight is 418 g/mol. The predicted octanol–water partition coefficient (Wildman–Crippen LogP) is 3.86. The van der Waals surface area contributed by atoms with Crippen LogP contribution in [0, 0.1) is 0 Å².